The molecule has 0 spiro atoms. The Bertz CT molecular complexity index is 1020. The Labute approximate surface area is 169 Å². The second kappa shape index (κ2) is 7.91. The number of rotatable bonds is 4. The van der Waals surface area contributed by atoms with Gasteiger partial charge in [-0.2, -0.15) is 0 Å². The molecule has 0 atom stereocenters. The van der Waals surface area contributed by atoms with Crippen LogP contribution in [-0.4, -0.2) is 41.4 Å². The Balaban J connectivity index is 1.69. The summed E-state index contributed by atoms with van der Waals surface area (Å²) in [6.07, 6.45) is 0.507. The number of hydrogen-bond donors (Lipinski definition) is 1. The maximum atomic E-state index is 13.6. The third kappa shape index (κ3) is 3.78. The molecule has 0 radical (unpaired) electrons. The van der Waals surface area contributed by atoms with Crippen LogP contribution in [0.25, 0.3) is 0 Å². The fraction of sp³-hybridized carbons (Fsp3) is 0.261. The van der Waals surface area contributed by atoms with E-state index in [1.165, 1.54) is 0 Å². The molecule has 0 aliphatic carbocycles. The van der Waals surface area contributed by atoms with Crippen LogP contribution < -0.4 is 10.5 Å². The van der Waals surface area contributed by atoms with Crippen molar-refractivity contribution in [3.8, 4) is 0 Å². The molecule has 1 aliphatic heterocycles. The molecule has 2 heterocycles. The summed E-state index contributed by atoms with van der Waals surface area (Å²) in [6, 6.07) is 19.7. The van der Waals surface area contributed by atoms with Crippen LogP contribution in [0.1, 0.15) is 28.3 Å². The lowest BCUT2D eigenvalue weighted by molar-refractivity contribution is -0.132. The molecule has 29 heavy (non-hydrogen) atoms. The van der Waals surface area contributed by atoms with Gasteiger partial charge in [0, 0.05) is 26.2 Å². The molecule has 0 saturated heterocycles. The number of carbonyl (C=O) groups is 1. The van der Waals surface area contributed by atoms with Crippen LogP contribution in [0.5, 0.6) is 0 Å². The monoisotopic (exact) mass is 388 g/mol. The van der Waals surface area contributed by atoms with Crippen molar-refractivity contribution >= 4 is 11.9 Å². The third-order valence-corrected chi connectivity index (χ3v) is 5.31. The number of aromatic nitrogens is 2. The Morgan fingerprint density at radius 1 is 1.03 bits per heavy atom. The predicted octanol–water partition coefficient (Wildman–Crippen LogP) is 2.55. The molecule has 3 aromatic rings. The Morgan fingerprint density at radius 3 is 2.17 bits per heavy atom. The minimum Gasteiger partial charge on any atom is -0.348 e. The van der Waals surface area contributed by atoms with Gasteiger partial charge in [0.25, 0.3) is 5.56 Å². The van der Waals surface area contributed by atoms with Gasteiger partial charge >= 0.3 is 0 Å². The van der Waals surface area contributed by atoms with Gasteiger partial charge in [-0.25, -0.2) is 4.98 Å². The highest BCUT2D eigenvalue weighted by Gasteiger charge is 2.31. The summed E-state index contributed by atoms with van der Waals surface area (Å²) >= 11 is 0. The Hall–Kier alpha value is -3.41. The molecular formula is C23H24N4O2. The van der Waals surface area contributed by atoms with Crippen molar-refractivity contribution in [3.05, 3.63) is 93.4 Å². The molecule has 1 aliphatic rings. The van der Waals surface area contributed by atoms with Gasteiger partial charge in [-0.15, -0.1) is 0 Å². The highest BCUT2D eigenvalue weighted by molar-refractivity contribution is 5.87. The average Bonchev–Trinajstić information content (AvgIpc) is 2.75. The van der Waals surface area contributed by atoms with Gasteiger partial charge in [0.2, 0.25) is 11.9 Å². The average molecular weight is 388 g/mol. The molecular weight excluding hydrogens is 364 g/mol. The predicted molar refractivity (Wildman–Crippen MR) is 113 cm³/mol. The summed E-state index contributed by atoms with van der Waals surface area (Å²) in [6.45, 7) is 0.850. The first kappa shape index (κ1) is 18.9. The van der Waals surface area contributed by atoms with Crippen molar-refractivity contribution in [3.63, 3.8) is 0 Å². The normalized spacial score (nSPS) is 13.3. The van der Waals surface area contributed by atoms with Crippen molar-refractivity contribution in [1.82, 2.24) is 14.9 Å². The van der Waals surface area contributed by atoms with E-state index in [4.69, 9.17) is 0 Å². The molecule has 0 fully saturated rings. The number of carbonyl (C=O) groups excluding carboxylic acids is 1. The molecule has 0 bridgehead atoms. The zero-order chi connectivity index (χ0) is 20.4. The quantitative estimate of drug-likeness (QED) is 0.746. The lowest BCUT2D eigenvalue weighted by Crippen LogP contribution is -2.42. The lowest BCUT2D eigenvalue weighted by atomic mass is 9.89. The third-order valence-electron chi connectivity index (χ3n) is 5.31. The maximum Gasteiger partial charge on any atom is 0.255 e. The van der Waals surface area contributed by atoms with Crippen LogP contribution in [0.2, 0.25) is 0 Å². The number of amides is 1. The lowest BCUT2D eigenvalue weighted by Gasteiger charge is -2.31. The SMILES string of the molecule is CN(C)c1nc2c(c(=O)[nH]1)CCN(C(=O)C(c1ccccc1)c1ccccc1)C2. The molecule has 1 amide bonds. The summed E-state index contributed by atoms with van der Waals surface area (Å²) in [5.74, 6) is 0.154. The Morgan fingerprint density at radius 2 is 1.62 bits per heavy atom. The first-order chi connectivity index (χ1) is 14.0. The first-order valence-corrected chi connectivity index (χ1v) is 9.72. The molecule has 0 unspecified atom stereocenters. The van der Waals surface area contributed by atoms with Gasteiger partial charge in [-0.05, 0) is 17.5 Å². The number of fused-ring (bicyclic) bond motifs is 1. The fourth-order valence-corrected chi connectivity index (χ4v) is 3.78. The van der Waals surface area contributed by atoms with E-state index in [2.05, 4.69) is 9.97 Å². The molecule has 6 heteroatoms. The van der Waals surface area contributed by atoms with Crippen LogP contribution in [0.4, 0.5) is 5.95 Å². The standard InChI is InChI=1S/C23H24N4O2/c1-26(2)23-24-19-15-27(14-13-18(19)21(28)25-23)22(29)20(16-9-5-3-6-10-16)17-11-7-4-8-12-17/h3-12,20H,13-15H2,1-2H3,(H,24,25,28). The first-order valence-electron chi connectivity index (χ1n) is 9.72. The fourth-order valence-electron chi connectivity index (χ4n) is 3.78. The van der Waals surface area contributed by atoms with Gasteiger partial charge in [0.15, 0.2) is 0 Å². The van der Waals surface area contributed by atoms with E-state index in [-0.39, 0.29) is 17.4 Å². The largest absolute Gasteiger partial charge is 0.348 e. The number of hydrogen-bond acceptors (Lipinski definition) is 4. The topological polar surface area (TPSA) is 69.3 Å². The molecule has 2 aromatic carbocycles. The number of aromatic amines is 1. The van der Waals surface area contributed by atoms with E-state index in [0.717, 1.165) is 11.1 Å². The number of anilines is 1. The summed E-state index contributed by atoms with van der Waals surface area (Å²) < 4.78 is 0. The molecule has 148 valence electrons. The van der Waals surface area contributed by atoms with Crippen molar-refractivity contribution < 1.29 is 4.79 Å². The second-order valence-electron chi connectivity index (χ2n) is 7.47. The summed E-state index contributed by atoms with van der Waals surface area (Å²) in [4.78, 5) is 37.0. The molecule has 4 rings (SSSR count). The molecule has 1 N–H and O–H groups in total. The summed E-state index contributed by atoms with van der Waals surface area (Å²) in [5, 5.41) is 0. The Kier molecular flexibility index (Phi) is 5.16. The zero-order valence-corrected chi connectivity index (χ0v) is 16.6. The smallest absolute Gasteiger partial charge is 0.255 e. The van der Waals surface area contributed by atoms with Gasteiger partial charge in [-0.3, -0.25) is 14.6 Å². The van der Waals surface area contributed by atoms with Gasteiger partial charge in [0.1, 0.15) is 0 Å². The van der Waals surface area contributed by atoms with Crippen molar-refractivity contribution in [2.24, 2.45) is 0 Å². The van der Waals surface area contributed by atoms with E-state index < -0.39 is 0 Å². The highest BCUT2D eigenvalue weighted by Crippen LogP contribution is 2.29. The van der Waals surface area contributed by atoms with Crippen molar-refractivity contribution in [2.75, 3.05) is 25.5 Å². The van der Waals surface area contributed by atoms with Crippen molar-refractivity contribution in [2.45, 2.75) is 18.9 Å². The number of nitrogens with zero attached hydrogens (tertiary/aromatic N) is 3. The van der Waals surface area contributed by atoms with Crippen molar-refractivity contribution in [1.29, 1.82) is 0 Å². The van der Waals surface area contributed by atoms with Crippen LogP contribution in [-0.2, 0) is 17.8 Å². The van der Waals surface area contributed by atoms with Gasteiger partial charge in [0.05, 0.1) is 18.2 Å². The number of H-pyrrole nitrogens is 1. The van der Waals surface area contributed by atoms with E-state index >= 15 is 0 Å². The van der Waals surface area contributed by atoms with Gasteiger partial charge < -0.3 is 9.80 Å². The number of benzene rings is 2. The summed E-state index contributed by atoms with van der Waals surface area (Å²) in [5.41, 5.74) is 3.16. The highest BCUT2D eigenvalue weighted by atomic mass is 16.2. The van der Waals surface area contributed by atoms with Crippen LogP contribution >= 0.6 is 0 Å². The maximum absolute atomic E-state index is 13.6. The molecule has 0 saturated carbocycles. The zero-order valence-electron chi connectivity index (χ0n) is 16.6. The van der Waals surface area contributed by atoms with E-state index in [1.807, 2.05) is 79.7 Å². The van der Waals surface area contributed by atoms with Crippen LogP contribution in [0, 0.1) is 0 Å². The van der Waals surface area contributed by atoms with E-state index in [1.54, 1.807) is 4.90 Å². The van der Waals surface area contributed by atoms with E-state index in [0.29, 0.717) is 36.7 Å². The molecule has 1 aromatic heterocycles. The van der Waals surface area contributed by atoms with E-state index in [9.17, 15) is 9.59 Å². The number of nitrogens with one attached hydrogen (secondary N) is 1. The summed E-state index contributed by atoms with van der Waals surface area (Å²) in [7, 11) is 3.66. The minimum absolute atomic E-state index is 0.0292. The van der Waals surface area contributed by atoms with Gasteiger partial charge in [-0.1, -0.05) is 60.7 Å². The second-order valence-corrected chi connectivity index (χ2v) is 7.47. The van der Waals surface area contributed by atoms with Crippen LogP contribution in [0.15, 0.2) is 65.5 Å². The minimum atomic E-state index is -0.380. The molecule has 6 nitrogen and oxygen atoms in total. The van der Waals surface area contributed by atoms with Crippen LogP contribution in [0.3, 0.4) is 0 Å².